The molecule has 1 aliphatic heterocycles. The molecule has 1 heterocycles. The van der Waals surface area contributed by atoms with E-state index in [-0.39, 0.29) is 17.4 Å². The number of aliphatic imine (C=N–C) groups is 1. The van der Waals surface area contributed by atoms with Gasteiger partial charge in [-0.15, -0.1) is 0 Å². The molecule has 3 heteroatoms. The molecule has 0 N–H and O–H groups in total. The Morgan fingerprint density at radius 2 is 2.00 bits per heavy atom. The predicted molar refractivity (Wildman–Crippen MR) is 71.6 cm³/mol. The SMILES string of the molecule is CCC(C)(C)C1=N[C@H](c2ccccc2)COC1=O. The normalized spacial score (nSPS) is 20.3. The van der Waals surface area contributed by atoms with Crippen LogP contribution in [0, 0.1) is 5.41 Å². The van der Waals surface area contributed by atoms with E-state index in [4.69, 9.17) is 4.74 Å². The monoisotopic (exact) mass is 245 g/mol. The Labute approximate surface area is 108 Å². The summed E-state index contributed by atoms with van der Waals surface area (Å²) >= 11 is 0. The smallest absolute Gasteiger partial charge is 0.352 e. The molecule has 2 rings (SSSR count). The third-order valence-corrected chi connectivity index (χ3v) is 3.56. The molecular weight excluding hydrogens is 226 g/mol. The zero-order valence-corrected chi connectivity index (χ0v) is 11.1. The minimum absolute atomic E-state index is 0.0651. The molecule has 96 valence electrons. The molecule has 0 saturated carbocycles. The van der Waals surface area contributed by atoms with Gasteiger partial charge >= 0.3 is 5.97 Å². The Hall–Kier alpha value is -1.64. The van der Waals surface area contributed by atoms with Gasteiger partial charge in [-0.2, -0.15) is 0 Å². The van der Waals surface area contributed by atoms with Crippen molar-refractivity contribution in [2.24, 2.45) is 10.4 Å². The molecule has 1 aromatic carbocycles. The number of nitrogens with zero attached hydrogens (tertiary/aromatic N) is 1. The lowest BCUT2D eigenvalue weighted by Crippen LogP contribution is -2.37. The van der Waals surface area contributed by atoms with Gasteiger partial charge in [-0.1, -0.05) is 51.1 Å². The van der Waals surface area contributed by atoms with Gasteiger partial charge in [-0.05, 0) is 12.0 Å². The van der Waals surface area contributed by atoms with Crippen LogP contribution in [0.1, 0.15) is 38.8 Å². The average Bonchev–Trinajstić information content (AvgIpc) is 2.40. The van der Waals surface area contributed by atoms with Crippen molar-refractivity contribution < 1.29 is 9.53 Å². The third-order valence-electron chi connectivity index (χ3n) is 3.56. The van der Waals surface area contributed by atoms with Crippen LogP contribution in [0.15, 0.2) is 35.3 Å². The highest BCUT2D eigenvalue weighted by molar-refractivity contribution is 6.38. The van der Waals surface area contributed by atoms with Crippen LogP contribution in [0.25, 0.3) is 0 Å². The lowest BCUT2D eigenvalue weighted by molar-refractivity contribution is -0.137. The van der Waals surface area contributed by atoms with Gasteiger partial charge in [0.05, 0.1) is 0 Å². The van der Waals surface area contributed by atoms with Crippen molar-refractivity contribution >= 4 is 11.7 Å². The largest absolute Gasteiger partial charge is 0.459 e. The first-order chi connectivity index (χ1) is 8.54. The van der Waals surface area contributed by atoms with Gasteiger partial charge in [0.15, 0.2) is 0 Å². The summed E-state index contributed by atoms with van der Waals surface area (Å²) in [6, 6.07) is 9.90. The summed E-state index contributed by atoms with van der Waals surface area (Å²) < 4.78 is 5.28. The maximum absolute atomic E-state index is 11.8. The van der Waals surface area contributed by atoms with E-state index in [1.807, 2.05) is 44.2 Å². The zero-order valence-electron chi connectivity index (χ0n) is 11.1. The fraction of sp³-hybridized carbons (Fsp3) is 0.467. The Balaban J connectivity index is 2.34. The highest BCUT2D eigenvalue weighted by atomic mass is 16.5. The summed E-state index contributed by atoms with van der Waals surface area (Å²) in [5, 5.41) is 0. The molecule has 0 bridgehead atoms. The van der Waals surface area contributed by atoms with E-state index < -0.39 is 0 Å². The standard InChI is InChI=1S/C15H19NO2/c1-4-15(2,3)13-14(17)18-10-12(16-13)11-8-6-5-7-9-11/h5-9,12H,4,10H2,1-3H3/t12-/m0/s1. The van der Waals surface area contributed by atoms with Crippen LogP contribution in [0.4, 0.5) is 0 Å². The number of hydrogen-bond donors (Lipinski definition) is 0. The molecule has 3 nitrogen and oxygen atoms in total. The van der Waals surface area contributed by atoms with Crippen LogP contribution >= 0.6 is 0 Å². The van der Waals surface area contributed by atoms with Crippen molar-refractivity contribution in [3.8, 4) is 0 Å². The fourth-order valence-corrected chi connectivity index (χ4v) is 1.93. The lowest BCUT2D eigenvalue weighted by atomic mass is 9.83. The molecule has 0 spiro atoms. The van der Waals surface area contributed by atoms with Gasteiger partial charge in [0.25, 0.3) is 0 Å². The molecule has 0 amide bonds. The Bertz CT molecular complexity index is 463. The zero-order chi connectivity index (χ0) is 13.2. The van der Waals surface area contributed by atoms with Gasteiger partial charge in [-0.25, -0.2) is 4.79 Å². The van der Waals surface area contributed by atoms with Crippen LogP contribution < -0.4 is 0 Å². The summed E-state index contributed by atoms with van der Waals surface area (Å²) in [6.07, 6.45) is 0.864. The van der Waals surface area contributed by atoms with Crippen LogP contribution in [-0.4, -0.2) is 18.3 Å². The molecule has 0 aromatic heterocycles. The van der Waals surface area contributed by atoms with Gasteiger partial charge in [0.1, 0.15) is 18.4 Å². The van der Waals surface area contributed by atoms with Crippen LogP contribution in [0.5, 0.6) is 0 Å². The summed E-state index contributed by atoms with van der Waals surface area (Å²) in [5.41, 5.74) is 1.42. The number of carbonyl (C=O) groups excluding carboxylic acids is 1. The molecular formula is C15H19NO2. The van der Waals surface area contributed by atoms with Gasteiger partial charge in [0.2, 0.25) is 0 Å². The fourth-order valence-electron chi connectivity index (χ4n) is 1.93. The maximum Gasteiger partial charge on any atom is 0.352 e. The molecule has 18 heavy (non-hydrogen) atoms. The van der Waals surface area contributed by atoms with Crippen molar-refractivity contribution in [3.63, 3.8) is 0 Å². The number of rotatable bonds is 3. The van der Waals surface area contributed by atoms with Crippen molar-refractivity contribution in [2.75, 3.05) is 6.61 Å². The first-order valence-electron chi connectivity index (χ1n) is 6.35. The Morgan fingerprint density at radius 1 is 1.33 bits per heavy atom. The van der Waals surface area contributed by atoms with Crippen LogP contribution in [0.2, 0.25) is 0 Å². The lowest BCUT2D eigenvalue weighted by Gasteiger charge is -2.29. The van der Waals surface area contributed by atoms with E-state index in [9.17, 15) is 4.79 Å². The number of cyclic esters (lactones) is 1. The molecule has 1 aromatic rings. The highest BCUT2D eigenvalue weighted by Crippen LogP contribution is 2.29. The second kappa shape index (κ2) is 4.92. The summed E-state index contributed by atoms with van der Waals surface area (Å²) in [7, 11) is 0. The molecule has 1 atom stereocenters. The minimum atomic E-state index is -0.269. The maximum atomic E-state index is 11.8. The minimum Gasteiger partial charge on any atom is -0.459 e. The highest BCUT2D eigenvalue weighted by Gasteiger charge is 2.34. The van der Waals surface area contributed by atoms with Gasteiger partial charge in [0, 0.05) is 5.41 Å². The van der Waals surface area contributed by atoms with Gasteiger partial charge < -0.3 is 4.74 Å². The second-order valence-corrected chi connectivity index (χ2v) is 5.24. The number of carbonyl (C=O) groups is 1. The van der Waals surface area contributed by atoms with E-state index in [2.05, 4.69) is 11.9 Å². The number of esters is 1. The van der Waals surface area contributed by atoms with E-state index >= 15 is 0 Å². The van der Waals surface area contributed by atoms with Crippen LogP contribution in [0.3, 0.4) is 0 Å². The second-order valence-electron chi connectivity index (χ2n) is 5.24. The first kappa shape index (κ1) is 12.8. The summed E-state index contributed by atoms with van der Waals surface area (Å²) in [6.45, 7) is 6.45. The van der Waals surface area contributed by atoms with Gasteiger partial charge in [-0.3, -0.25) is 4.99 Å². The van der Waals surface area contributed by atoms with Crippen molar-refractivity contribution in [3.05, 3.63) is 35.9 Å². The van der Waals surface area contributed by atoms with E-state index in [0.717, 1.165) is 12.0 Å². The van der Waals surface area contributed by atoms with Crippen molar-refractivity contribution in [2.45, 2.75) is 33.2 Å². The van der Waals surface area contributed by atoms with Crippen LogP contribution in [-0.2, 0) is 9.53 Å². The van der Waals surface area contributed by atoms with E-state index in [0.29, 0.717) is 12.3 Å². The molecule has 0 fully saturated rings. The molecule has 0 saturated heterocycles. The molecule has 0 unspecified atom stereocenters. The van der Waals surface area contributed by atoms with Crippen molar-refractivity contribution in [1.82, 2.24) is 0 Å². The Morgan fingerprint density at radius 3 is 2.61 bits per heavy atom. The third kappa shape index (κ3) is 2.45. The van der Waals surface area contributed by atoms with E-state index in [1.165, 1.54) is 0 Å². The average molecular weight is 245 g/mol. The van der Waals surface area contributed by atoms with Crippen molar-refractivity contribution in [1.29, 1.82) is 0 Å². The quantitative estimate of drug-likeness (QED) is 0.767. The molecule has 0 aliphatic carbocycles. The topological polar surface area (TPSA) is 38.7 Å². The van der Waals surface area contributed by atoms with E-state index in [1.54, 1.807) is 0 Å². The summed E-state index contributed by atoms with van der Waals surface area (Å²) in [5.74, 6) is -0.269. The molecule has 0 radical (unpaired) electrons. The first-order valence-corrected chi connectivity index (χ1v) is 6.35. The predicted octanol–water partition coefficient (Wildman–Crippen LogP) is 3.16. The molecule has 1 aliphatic rings. The summed E-state index contributed by atoms with van der Waals surface area (Å²) in [4.78, 5) is 16.4. The number of hydrogen-bond acceptors (Lipinski definition) is 3. The number of benzene rings is 1. The Kier molecular flexibility index (Phi) is 3.50. The number of ether oxygens (including phenoxy) is 1.